The number of aryl methyl sites for hydroxylation is 2. The molecule has 2 aromatic heterocycles. The molecule has 0 amide bonds. The summed E-state index contributed by atoms with van der Waals surface area (Å²) >= 11 is 0. The summed E-state index contributed by atoms with van der Waals surface area (Å²) in [6.45, 7) is 4.06. The molecule has 19 heavy (non-hydrogen) atoms. The van der Waals surface area contributed by atoms with Gasteiger partial charge in [-0.1, -0.05) is 0 Å². The quantitative estimate of drug-likeness (QED) is 0.751. The summed E-state index contributed by atoms with van der Waals surface area (Å²) in [5.41, 5.74) is 0.881. The SMILES string of the molecule is COCCCn1cnnc1CNc1cncc(C)n1. The maximum absolute atomic E-state index is 5.03. The van der Waals surface area contributed by atoms with Gasteiger partial charge in [0.2, 0.25) is 0 Å². The van der Waals surface area contributed by atoms with Gasteiger partial charge in [-0.05, 0) is 13.3 Å². The first-order valence-corrected chi connectivity index (χ1v) is 6.17. The lowest BCUT2D eigenvalue weighted by Gasteiger charge is -2.08. The molecule has 102 valence electrons. The van der Waals surface area contributed by atoms with Crippen LogP contribution in [0.5, 0.6) is 0 Å². The number of methoxy groups -OCH3 is 1. The Labute approximate surface area is 112 Å². The lowest BCUT2D eigenvalue weighted by molar-refractivity contribution is 0.190. The van der Waals surface area contributed by atoms with Crippen molar-refractivity contribution in [3.63, 3.8) is 0 Å². The Balaban J connectivity index is 1.90. The van der Waals surface area contributed by atoms with Crippen molar-refractivity contribution in [2.24, 2.45) is 0 Å². The van der Waals surface area contributed by atoms with Crippen LogP contribution in [0.25, 0.3) is 0 Å². The molecule has 0 aliphatic carbocycles. The van der Waals surface area contributed by atoms with Gasteiger partial charge in [0.1, 0.15) is 12.1 Å². The van der Waals surface area contributed by atoms with E-state index in [1.165, 1.54) is 0 Å². The second-order valence-corrected chi connectivity index (χ2v) is 4.19. The van der Waals surface area contributed by atoms with E-state index >= 15 is 0 Å². The van der Waals surface area contributed by atoms with Crippen LogP contribution in [0.4, 0.5) is 5.82 Å². The molecule has 0 saturated carbocycles. The zero-order valence-electron chi connectivity index (χ0n) is 11.2. The van der Waals surface area contributed by atoms with Crippen molar-refractivity contribution < 1.29 is 4.74 Å². The van der Waals surface area contributed by atoms with Crippen LogP contribution in [0.2, 0.25) is 0 Å². The number of aromatic nitrogens is 5. The van der Waals surface area contributed by atoms with Gasteiger partial charge in [0.25, 0.3) is 0 Å². The summed E-state index contributed by atoms with van der Waals surface area (Å²) in [7, 11) is 1.70. The zero-order valence-corrected chi connectivity index (χ0v) is 11.2. The van der Waals surface area contributed by atoms with Crippen LogP contribution < -0.4 is 5.32 Å². The lowest BCUT2D eigenvalue weighted by atomic mass is 10.4. The Bertz CT molecular complexity index is 512. The molecular weight excluding hydrogens is 244 g/mol. The van der Waals surface area contributed by atoms with E-state index in [0.717, 1.165) is 36.9 Å². The summed E-state index contributed by atoms with van der Waals surface area (Å²) < 4.78 is 7.04. The van der Waals surface area contributed by atoms with Gasteiger partial charge in [-0.2, -0.15) is 0 Å². The standard InChI is InChI=1S/C12H18N6O/c1-10-6-13-7-11(16-10)14-8-12-17-15-9-18(12)4-3-5-19-2/h6-7,9H,3-5,8H2,1-2H3,(H,14,16). The summed E-state index contributed by atoms with van der Waals surface area (Å²) in [5.74, 6) is 1.62. The van der Waals surface area contributed by atoms with Crippen molar-refractivity contribution in [1.29, 1.82) is 0 Å². The molecule has 2 rings (SSSR count). The number of nitrogens with one attached hydrogen (secondary N) is 1. The third-order valence-electron chi connectivity index (χ3n) is 2.63. The van der Waals surface area contributed by atoms with Crippen LogP contribution in [0.1, 0.15) is 17.9 Å². The number of nitrogens with zero attached hydrogens (tertiary/aromatic N) is 5. The summed E-state index contributed by atoms with van der Waals surface area (Å²) in [5, 5.41) is 11.2. The molecule has 0 spiro atoms. The minimum absolute atomic E-state index is 0.575. The van der Waals surface area contributed by atoms with Crippen molar-refractivity contribution >= 4 is 5.82 Å². The molecular formula is C12H18N6O. The molecule has 0 saturated heterocycles. The molecule has 1 N–H and O–H groups in total. The number of hydrogen-bond acceptors (Lipinski definition) is 6. The third-order valence-corrected chi connectivity index (χ3v) is 2.63. The largest absolute Gasteiger partial charge is 0.385 e. The zero-order chi connectivity index (χ0) is 13.5. The van der Waals surface area contributed by atoms with Crippen molar-refractivity contribution in [2.45, 2.75) is 26.4 Å². The lowest BCUT2D eigenvalue weighted by Crippen LogP contribution is -2.10. The Morgan fingerprint density at radius 1 is 1.37 bits per heavy atom. The molecule has 0 unspecified atom stereocenters. The van der Waals surface area contributed by atoms with Gasteiger partial charge in [-0.15, -0.1) is 10.2 Å². The van der Waals surface area contributed by atoms with Crippen molar-refractivity contribution in [1.82, 2.24) is 24.7 Å². The van der Waals surface area contributed by atoms with E-state index in [-0.39, 0.29) is 0 Å². The average molecular weight is 262 g/mol. The Hall–Kier alpha value is -2.02. The van der Waals surface area contributed by atoms with Gasteiger partial charge in [0, 0.05) is 26.5 Å². The van der Waals surface area contributed by atoms with E-state index in [0.29, 0.717) is 6.54 Å². The van der Waals surface area contributed by atoms with Crippen LogP contribution in [-0.4, -0.2) is 38.4 Å². The fourth-order valence-corrected chi connectivity index (χ4v) is 1.70. The smallest absolute Gasteiger partial charge is 0.152 e. The molecule has 2 aromatic rings. The van der Waals surface area contributed by atoms with Crippen LogP contribution in [-0.2, 0) is 17.8 Å². The molecule has 0 atom stereocenters. The van der Waals surface area contributed by atoms with Crippen LogP contribution in [0.3, 0.4) is 0 Å². The topological polar surface area (TPSA) is 77.8 Å². The molecule has 7 heteroatoms. The Kier molecular flexibility index (Phi) is 4.79. The van der Waals surface area contributed by atoms with Crippen LogP contribution in [0.15, 0.2) is 18.7 Å². The van der Waals surface area contributed by atoms with Gasteiger partial charge >= 0.3 is 0 Å². The summed E-state index contributed by atoms with van der Waals surface area (Å²) in [4.78, 5) is 8.41. The van der Waals surface area contributed by atoms with Crippen LogP contribution in [0, 0.1) is 6.92 Å². The third kappa shape index (κ3) is 3.99. The van der Waals surface area contributed by atoms with Gasteiger partial charge in [0.15, 0.2) is 5.82 Å². The maximum atomic E-state index is 5.03. The van der Waals surface area contributed by atoms with Gasteiger partial charge in [-0.3, -0.25) is 4.98 Å². The molecule has 0 aromatic carbocycles. The number of ether oxygens (including phenoxy) is 1. The highest BCUT2D eigenvalue weighted by Gasteiger charge is 2.04. The van der Waals surface area contributed by atoms with Gasteiger partial charge in [-0.25, -0.2) is 4.98 Å². The monoisotopic (exact) mass is 262 g/mol. The van der Waals surface area contributed by atoms with Crippen LogP contribution >= 0.6 is 0 Å². The minimum Gasteiger partial charge on any atom is -0.385 e. The molecule has 2 heterocycles. The van der Waals surface area contributed by atoms with Crippen molar-refractivity contribution in [3.8, 4) is 0 Å². The van der Waals surface area contributed by atoms with Crippen molar-refractivity contribution in [2.75, 3.05) is 19.0 Å². The highest BCUT2D eigenvalue weighted by molar-refractivity contribution is 5.31. The van der Waals surface area contributed by atoms with E-state index < -0.39 is 0 Å². The molecule has 0 radical (unpaired) electrons. The predicted octanol–water partition coefficient (Wildman–Crippen LogP) is 1.03. The predicted molar refractivity (Wildman–Crippen MR) is 70.6 cm³/mol. The first-order valence-electron chi connectivity index (χ1n) is 6.17. The number of hydrogen-bond donors (Lipinski definition) is 1. The average Bonchev–Trinajstić information content (AvgIpc) is 2.84. The summed E-state index contributed by atoms with van der Waals surface area (Å²) in [6.07, 6.45) is 6.08. The van der Waals surface area contributed by atoms with Crippen molar-refractivity contribution in [3.05, 3.63) is 30.2 Å². The fraction of sp³-hybridized carbons (Fsp3) is 0.500. The Morgan fingerprint density at radius 2 is 2.26 bits per heavy atom. The molecule has 0 aliphatic rings. The highest BCUT2D eigenvalue weighted by Crippen LogP contribution is 2.04. The maximum Gasteiger partial charge on any atom is 0.152 e. The second kappa shape index (κ2) is 6.79. The number of rotatable bonds is 7. The first-order chi connectivity index (χ1) is 9.29. The molecule has 7 nitrogen and oxygen atoms in total. The molecule has 0 bridgehead atoms. The van der Waals surface area contributed by atoms with Gasteiger partial charge in [0.05, 0.1) is 18.4 Å². The highest BCUT2D eigenvalue weighted by atomic mass is 16.5. The van der Waals surface area contributed by atoms with E-state index in [1.807, 2.05) is 11.5 Å². The minimum atomic E-state index is 0.575. The normalized spacial score (nSPS) is 10.6. The van der Waals surface area contributed by atoms with E-state index in [1.54, 1.807) is 25.8 Å². The Morgan fingerprint density at radius 3 is 3.05 bits per heavy atom. The summed E-state index contributed by atoms with van der Waals surface area (Å²) in [6, 6.07) is 0. The van der Waals surface area contributed by atoms with E-state index in [9.17, 15) is 0 Å². The molecule has 0 aliphatic heterocycles. The first kappa shape index (κ1) is 13.4. The second-order valence-electron chi connectivity index (χ2n) is 4.19. The fourth-order valence-electron chi connectivity index (χ4n) is 1.70. The van der Waals surface area contributed by atoms with Gasteiger partial charge < -0.3 is 14.6 Å². The van der Waals surface area contributed by atoms with E-state index in [4.69, 9.17) is 4.74 Å². The van der Waals surface area contributed by atoms with E-state index in [2.05, 4.69) is 25.5 Å². The molecule has 0 fully saturated rings. The number of anilines is 1.